The first kappa shape index (κ1) is 12.0. The number of rotatable bonds is 4. The summed E-state index contributed by atoms with van der Waals surface area (Å²) in [5.41, 5.74) is 1.05. The molecule has 2 aromatic rings. The molecular weight excluding hydrogens is 262 g/mol. The highest BCUT2D eigenvalue weighted by Gasteiger charge is 2.11. The van der Waals surface area contributed by atoms with Crippen LogP contribution in [-0.4, -0.2) is 10.1 Å². The number of hydrogen-bond donors (Lipinski definition) is 1. The van der Waals surface area contributed by atoms with Crippen LogP contribution in [0.4, 0.5) is 0 Å². The van der Waals surface area contributed by atoms with E-state index in [0.717, 1.165) is 26.3 Å². The molecule has 1 unspecified atom stereocenters. The Hall–Kier alpha value is -0.420. The van der Waals surface area contributed by atoms with Crippen LogP contribution in [0.25, 0.3) is 0 Å². The van der Waals surface area contributed by atoms with Gasteiger partial charge in [0.05, 0.1) is 15.4 Å². The highest BCUT2D eigenvalue weighted by Crippen LogP contribution is 2.29. The molecule has 0 aliphatic heterocycles. The molecule has 1 N–H and O–H groups in total. The zero-order valence-corrected chi connectivity index (χ0v) is 11.2. The summed E-state index contributed by atoms with van der Waals surface area (Å²) in [7, 11) is 0. The van der Waals surface area contributed by atoms with Crippen molar-refractivity contribution in [2.45, 2.75) is 25.9 Å². The molecule has 2 rings (SSSR count). The molecule has 0 radical (unpaired) electrons. The van der Waals surface area contributed by atoms with Crippen LogP contribution < -0.4 is 0 Å². The monoisotopic (exact) mass is 273 g/mol. The van der Waals surface area contributed by atoms with Crippen molar-refractivity contribution in [3.63, 3.8) is 0 Å². The lowest BCUT2D eigenvalue weighted by molar-refractivity contribution is 0.171. The van der Waals surface area contributed by atoms with Crippen LogP contribution in [0, 0.1) is 6.92 Å². The van der Waals surface area contributed by atoms with Crippen LogP contribution in [0.3, 0.4) is 0 Å². The maximum atomic E-state index is 9.93. The Labute approximate surface area is 108 Å². The molecule has 0 aliphatic rings. The first-order chi connectivity index (χ1) is 7.65. The summed E-state index contributed by atoms with van der Waals surface area (Å²) in [5.74, 6) is 0. The summed E-state index contributed by atoms with van der Waals surface area (Å²) in [6.45, 7) is 1.98. The number of aliphatic hydroxyl groups excluding tert-OH is 1. The maximum Gasteiger partial charge on any atom is 0.0932 e. The van der Waals surface area contributed by atoms with Crippen LogP contribution in [0.15, 0.2) is 17.5 Å². The Balaban J connectivity index is 1.91. The van der Waals surface area contributed by atoms with Gasteiger partial charge in [-0.2, -0.15) is 0 Å². The van der Waals surface area contributed by atoms with Gasteiger partial charge >= 0.3 is 0 Å². The summed E-state index contributed by atoms with van der Waals surface area (Å²) < 4.78 is 0.721. The predicted octanol–water partition coefficient (Wildman–Crippen LogP) is 3.83. The molecule has 0 saturated heterocycles. The number of hydrogen-bond acceptors (Lipinski definition) is 4. The van der Waals surface area contributed by atoms with Crippen LogP contribution >= 0.6 is 34.3 Å². The molecule has 0 spiro atoms. The second-order valence-electron chi connectivity index (χ2n) is 3.58. The van der Waals surface area contributed by atoms with E-state index in [1.165, 1.54) is 11.3 Å². The van der Waals surface area contributed by atoms with Gasteiger partial charge in [0.15, 0.2) is 0 Å². The highest BCUT2D eigenvalue weighted by molar-refractivity contribution is 7.16. The molecule has 0 fully saturated rings. The van der Waals surface area contributed by atoms with Crippen molar-refractivity contribution in [3.05, 3.63) is 37.4 Å². The van der Waals surface area contributed by atoms with E-state index in [9.17, 15) is 5.11 Å². The molecule has 16 heavy (non-hydrogen) atoms. The van der Waals surface area contributed by atoms with E-state index in [4.69, 9.17) is 11.6 Å². The summed E-state index contributed by atoms with van der Waals surface area (Å²) in [6, 6.07) is 3.70. The van der Waals surface area contributed by atoms with Crippen LogP contribution in [0.1, 0.15) is 28.1 Å². The van der Waals surface area contributed by atoms with E-state index in [1.807, 2.05) is 24.4 Å². The van der Waals surface area contributed by atoms with E-state index in [1.54, 1.807) is 11.3 Å². The van der Waals surface area contributed by atoms with Crippen molar-refractivity contribution in [2.24, 2.45) is 0 Å². The Morgan fingerprint density at radius 2 is 2.31 bits per heavy atom. The SMILES string of the molecule is Cc1csc(CCC(O)c2ccc(Cl)s2)n1. The standard InChI is InChI=1S/C11H12ClNOS2/c1-7-6-15-11(13-7)5-2-8(14)9-3-4-10(12)16-9/h3-4,6,8,14H,2,5H2,1H3. The first-order valence-electron chi connectivity index (χ1n) is 4.99. The summed E-state index contributed by atoms with van der Waals surface area (Å²) in [5, 5.41) is 13.0. The van der Waals surface area contributed by atoms with Crippen molar-refractivity contribution in [3.8, 4) is 0 Å². The zero-order valence-electron chi connectivity index (χ0n) is 8.81. The van der Waals surface area contributed by atoms with Crippen molar-refractivity contribution in [1.29, 1.82) is 0 Å². The number of halogens is 1. The highest BCUT2D eigenvalue weighted by atomic mass is 35.5. The van der Waals surface area contributed by atoms with Gasteiger partial charge in [-0.05, 0) is 25.5 Å². The average molecular weight is 274 g/mol. The molecule has 0 aliphatic carbocycles. The van der Waals surface area contributed by atoms with E-state index in [-0.39, 0.29) is 0 Å². The summed E-state index contributed by atoms with van der Waals surface area (Å²) in [4.78, 5) is 5.30. The predicted molar refractivity (Wildman–Crippen MR) is 69.5 cm³/mol. The Bertz CT molecular complexity index is 466. The number of thiazole rings is 1. The quantitative estimate of drug-likeness (QED) is 0.918. The Morgan fingerprint density at radius 3 is 2.88 bits per heavy atom. The normalized spacial score (nSPS) is 12.9. The van der Waals surface area contributed by atoms with E-state index in [0.29, 0.717) is 6.42 Å². The molecule has 2 nitrogen and oxygen atoms in total. The Morgan fingerprint density at radius 1 is 1.50 bits per heavy atom. The zero-order chi connectivity index (χ0) is 11.5. The molecule has 0 aromatic carbocycles. The lowest BCUT2D eigenvalue weighted by Gasteiger charge is -2.06. The number of nitrogens with zero attached hydrogens (tertiary/aromatic N) is 1. The van der Waals surface area contributed by atoms with E-state index >= 15 is 0 Å². The van der Waals surface area contributed by atoms with Gasteiger partial charge in [-0.1, -0.05) is 11.6 Å². The molecule has 2 aromatic heterocycles. The lowest BCUT2D eigenvalue weighted by atomic mass is 10.2. The molecule has 0 amide bonds. The van der Waals surface area contributed by atoms with Gasteiger partial charge in [-0.25, -0.2) is 4.98 Å². The van der Waals surface area contributed by atoms with E-state index < -0.39 is 6.10 Å². The molecule has 1 atom stereocenters. The first-order valence-corrected chi connectivity index (χ1v) is 7.07. The fourth-order valence-electron chi connectivity index (χ4n) is 1.43. The van der Waals surface area contributed by atoms with Crippen LogP contribution in [0.5, 0.6) is 0 Å². The molecule has 86 valence electrons. The van der Waals surface area contributed by atoms with E-state index in [2.05, 4.69) is 4.98 Å². The van der Waals surface area contributed by atoms with Gasteiger partial charge in [-0.15, -0.1) is 22.7 Å². The fourth-order valence-corrected chi connectivity index (χ4v) is 3.30. The van der Waals surface area contributed by atoms with Gasteiger partial charge < -0.3 is 5.11 Å². The molecule has 0 saturated carbocycles. The van der Waals surface area contributed by atoms with Gasteiger partial charge in [0, 0.05) is 22.4 Å². The third-order valence-corrected chi connectivity index (χ3v) is 4.58. The van der Waals surface area contributed by atoms with Crippen molar-refractivity contribution >= 4 is 34.3 Å². The topological polar surface area (TPSA) is 33.1 Å². The molecule has 0 bridgehead atoms. The minimum Gasteiger partial charge on any atom is -0.388 e. The van der Waals surface area contributed by atoms with Crippen molar-refractivity contribution < 1.29 is 5.11 Å². The minimum absolute atomic E-state index is 0.429. The Kier molecular flexibility index (Phi) is 3.97. The van der Waals surface area contributed by atoms with Crippen molar-refractivity contribution in [2.75, 3.05) is 0 Å². The maximum absolute atomic E-state index is 9.93. The van der Waals surface area contributed by atoms with Gasteiger partial charge in [0.25, 0.3) is 0 Å². The number of aromatic nitrogens is 1. The van der Waals surface area contributed by atoms with Gasteiger partial charge in [0.1, 0.15) is 0 Å². The number of thiophene rings is 1. The summed E-state index contributed by atoms with van der Waals surface area (Å²) in [6.07, 6.45) is 1.08. The third-order valence-electron chi connectivity index (χ3n) is 2.22. The van der Waals surface area contributed by atoms with Crippen LogP contribution in [0.2, 0.25) is 4.34 Å². The smallest absolute Gasteiger partial charge is 0.0932 e. The second-order valence-corrected chi connectivity index (χ2v) is 6.27. The third kappa shape index (κ3) is 3.04. The lowest BCUT2D eigenvalue weighted by Crippen LogP contribution is -1.97. The second kappa shape index (κ2) is 5.27. The van der Waals surface area contributed by atoms with Crippen LogP contribution in [-0.2, 0) is 6.42 Å². The fraction of sp³-hybridized carbons (Fsp3) is 0.364. The number of aliphatic hydroxyl groups is 1. The van der Waals surface area contributed by atoms with Gasteiger partial charge in [-0.3, -0.25) is 0 Å². The molecular formula is C11H12ClNOS2. The minimum atomic E-state index is -0.429. The van der Waals surface area contributed by atoms with Crippen molar-refractivity contribution in [1.82, 2.24) is 4.98 Å². The number of aryl methyl sites for hydroxylation is 2. The molecule has 5 heteroatoms. The molecule has 2 heterocycles. The summed E-state index contributed by atoms with van der Waals surface area (Å²) >= 11 is 8.90. The van der Waals surface area contributed by atoms with Gasteiger partial charge in [0.2, 0.25) is 0 Å². The largest absolute Gasteiger partial charge is 0.388 e. The average Bonchev–Trinajstić information content (AvgIpc) is 2.84.